The van der Waals surface area contributed by atoms with Crippen LogP contribution in [0.3, 0.4) is 0 Å². The van der Waals surface area contributed by atoms with E-state index in [0.717, 1.165) is 38.4 Å². The molecule has 1 aliphatic rings. The van der Waals surface area contributed by atoms with E-state index < -0.39 is 0 Å². The molecular formula is C13H19Cl2N3O. The average molecular weight is 304 g/mol. The van der Waals surface area contributed by atoms with Gasteiger partial charge in [0.1, 0.15) is 11.6 Å². The number of halogens is 2. The molecule has 0 aromatic carbocycles. The van der Waals surface area contributed by atoms with Gasteiger partial charge in [0, 0.05) is 26.7 Å². The monoisotopic (exact) mass is 303 g/mol. The first-order valence-electron chi connectivity index (χ1n) is 6.56. The first-order chi connectivity index (χ1) is 9.15. The van der Waals surface area contributed by atoms with Gasteiger partial charge in [-0.15, -0.1) is 0 Å². The summed E-state index contributed by atoms with van der Waals surface area (Å²) in [7, 11) is 1.80. The lowest BCUT2D eigenvalue weighted by Gasteiger charge is -2.34. The van der Waals surface area contributed by atoms with Crippen LogP contribution in [-0.4, -0.2) is 37.8 Å². The average Bonchev–Trinajstić information content (AvgIpc) is 2.39. The Morgan fingerprint density at radius 3 is 2.95 bits per heavy atom. The second-order valence-electron chi connectivity index (χ2n) is 4.54. The Labute approximate surface area is 124 Å². The van der Waals surface area contributed by atoms with Crippen LogP contribution in [0.15, 0.2) is 6.07 Å². The first kappa shape index (κ1) is 14.7. The van der Waals surface area contributed by atoms with E-state index in [1.54, 1.807) is 13.1 Å². The Bertz CT molecular complexity index is 440. The maximum Gasteiger partial charge on any atom is 0.150 e. The molecule has 1 atom stereocenters. The highest BCUT2D eigenvalue weighted by atomic mass is 35.5. The van der Waals surface area contributed by atoms with E-state index in [1.807, 2.05) is 6.92 Å². The molecular weight excluding hydrogens is 285 g/mol. The largest absolute Gasteiger partial charge is 0.377 e. The predicted molar refractivity (Wildman–Crippen MR) is 80.7 cm³/mol. The van der Waals surface area contributed by atoms with Gasteiger partial charge in [0.05, 0.1) is 16.1 Å². The SMILES string of the molecule is CCOC1CCCN(c2nc(NC)c(Cl)cc2Cl)C1. The molecule has 0 bridgehead atoms. The number of ether oxygens (including phenoxy) is 1. The third kappa shape index (κ3) is 3.44. The van der Waals surface area contributed by atoms with Gasteiger partial charge in [-0.05, 0) is 25.8 Å². The van der Waals surface area contributed by atoms with Crippen molar-refractivity contribution in [3.63, 3.8) is 0 Å². The van der Waals surface area contributed by atoms with Crippen molar-refractivity contribution in [1.29, 1.82) is 0 Å². The fourth-order valence-electron chi connectivity index (χ4n) is 2.36. The molecule has 0 saturated carbocycles. The third-order valence-corrected chi connectivity index (χ3v) is 3.79. The number of aromatic nitrogens is 1. The summed E-state index contributed by atoms with van der Waals surface area (Å²) < 4.78 is 5.70. The van der Waals surface area contributed by atoms with Crippen molar-refractivity contribution in [3.05, 3.63) is 16.1 Å². The van der Waals surface area contributed by atoms with E-state index >= 15 is 0 Å². The molecule has 19 heavy (non-hydrogen) atoms. The minimum atomic E-state index is 0.255. The summed E-state index contributed by atoms with van der Waals surface area (Å²) in [5, 5.41) is 4.10. The van der Waals surface area contributed by atoms with Gasteiger partial charge in [0.2, 0.25) is 0 Å². The fourth-order valence-corrected chi connectivity index (χ4v) is 2.93. The van der Waals surface area contributed by atoms with Crippen LogP contribution < -0.4 is 10.2 Å². The van der Waals surface area contributed by atoms with Crippen molar-refractivity contribution in [3.8, 4) is 0 Å². The molecule has 1 aromatic rings. The molecule has 4 nitrogen and oxygen atoms in total. The molecule has 0 radical (unpaired) electrons. The molecule has 2 heterocycles. The maximum absolute atomic E-state index is 6.26. The quantitative estimate of drug-likeness (QED) is 0.924. The summed E-state index contributed by atoms with van der Waals surface area (Å²) in [5.41, 5.74) is 0. The summed E-state index contributed by atoms with van der Waals surface area (Å²) in [6.45, 7) is 4.53. The Morgan fingerprint density at radius 2 is 2.26 bits per heavy atom. The molecule has 1 aliphatic heterocycles. The van der Waals surface area contributed by atoms with Crippen molar-refractivity contribution in [1.82, 2.24) is 4.98 Å². The molecule has 1 N–H and O–H groups in total. The van der Waals surface area contributed by atoms with Crippen LogP contribution in [0.1, 0.15) is 19.8 Å². The van der Waals surface area contributed by atoms with Crippen molar-refractivity contribution in [2.45, 2.75) is 25.9 Å². The molecule has 0 aliphatic carbocycles. The van der Waals surface area contributed by atoms with E-state index in [2.05, 4.69) is 15.2 Å². The second kappa shape index (κ2) is 6.64. The number of pyridine rings is 1. The van der Waals surface area contributed by atoms with Crippen LogP contribution >= 0.6 is 23.2 Å². The Balaban J connectivity index is 2.20. The van der Waals surface area contributed by atoms with Gasteiger partial charge in [-0.3, -0.25) is 0 Å². The molecule has 2 rings (SSSR count). The normalized spacial score (nSPS) is 19.6. The molecule has 0 amide bonds. The van der Waals surface area contributed by atoms with E-state index in [9.17, 15) is 0 Å². The van der Waals surface area contributed by atoms with Crippen molar-refractivity contribution in [2.75, 3.05) is 37.0 Å². The third-order valence-electron chi connectivity index (χ3n) is 3.23. The topological polar surface area (TPSA) is 37.4 Å². The predicted octanol–water partition coefficient (Wildman–Crippen LogP) is 3.44. The lowest BCUT2D eigenvalue weighted by atomic mass is 10.1. The Kier molecular flexibility index (Phi) is 5.13. The van der Waals surface area contributed by atoms with Gasteiger partial charge in [-0.1, -0.05) is 23.2 Å². The molecule has 0 spiro atoms. The summed E-state index contributed by atoms with van der Waals surface area (Å²) in [5.74, 6) is 1.43. The zero-order chi connectivity index (χ0) is 13.8. The standard InChI is InChI=1S/C13H19Cl2N3O/c1-3-19-9-5-4-6-18(8-9)13-11(15)7-10(14)12(16-2)17-13/h7,9H,3-6,8H2,1-2H3,(H,16,17). The summed E-state index contributed by atoms with van der Waals surface area (Å²) in [6.07, 6.45) is 2.43. The Morgan fingerprint density at radius 1 is 1.47 bits per heavy atom. The van der Waals surface area contributed by atoms with Crippen LogP contribution in [0.4, 0.5) is 11.6 Å². The number of nitrogens with one attached hydrogen (secondary N) is 1. The van der Waals surface area contributed by atoms with Crippen molar-refractivity contribution in [2.24, 2.45) is 0 Å². The molecule has 1 aromatic heterocycles. The molecule has 106 valence electrons. The highest BCUT2D eigenvalue weighted by Gasteiger charge is 2.23. The number of hydrogen-bond acceptors (Lipinski definition) is 4. The molecule has 1 unspecified atom stereocenters. The Hall–Kier alpha value is -0.710. The highest BCUT2D eigenvalue weighted by Crippen LogP contribution is 2.32. The van der Waals surface area contributed by atoms with E-state index in [1.165, 1.54) is 0 Å². The second-order valence-corrected chi connectivity index (χ2v) is 5.35. The van der Waals surface area contributed by atoms with Gasteiger partial charge in [-0.2, -0.15) is 0 Å². The van der Waals surface area contributed by atoms with Crippen LogP contribution in [0, 0.1) is 0 Å². The maximum atomic E-state index is 6.26. The van der Waals surface area contributed by atoms with Crippen LogP contribution in [0.2, 0.25) is 10.0 Å². The number of anilines is 2. The summed E-state index contributed by atoms with van der Waals surface area (Å²) in [6, 6.07) is 1.74. The lowest BCUT2D eigenvalue weighted by Crippen LogP contribution is -2.40. The van der Waals surface area contributed by atoms with E-state index in [4.69, 9.17) is 27.9 Å². The zero-order valence-corrected chi connectivity index (χ0v) is 12.8. The number of nitrogens with zero attached hydrogens (tertiary/aromatic N) is 2. The minimum Gasteiger partial charge on any atom is -0.377 e. The molecule has 1 saturated heterocycles. The minimum absolute atomic E-state index is 0.255. The number of rotatable bonds is 4. The van der Waals surface area contributed by atoms with Crippen molar-refractivity contribution < 1.29 is 4.74 Å². The zero-order valence-electron chi connectivity index (χ0n) is 11.2. The lowest BCUT2D eigenvalue weighted by molar-refractivity contribution is 0.0525. The number of piperidine rings is 1. The molecule has 1 fully saturated rings. The van der Waals surface area contributed by atoms with E-state index in [0.29, 0.717) is 15.9 Å². The first-order valence-corrected chi connectivity index (χ1v) is 7.31. The van der Waals surface area contributed by atoms with Crippen molar-refractivity contribution >= 4 is 34.8 Å². The van der Waals surface area contributed by atoms with Crippen LogP contribution in [0.25, 0.3) is 0 Å². The van der Waals surface area contributed by atoms with Gasteiger partial charge in [0.25, 0.3) is 0 Å². The highest BCUT2D eigenvalue weighted by molar-refractivity contribution is 6.37. The smallest absolute Gasteiger partial charge is 0.150 e. The summed E-state index contributed by atoms with van der Waals surface area (Å²) in [4.78, 5) is 6.67. The summed E-state index contributed by atoms with van der Waals surface area (Å²) >= 11 is 12.3. The van der Waals surface area contributed by atoms with Crippen LogP contribution in [0.5, 0.6) is 0 Å². The van der Waals surface area contributed by atoms with Gasteiger partial charge in [0.15, 0.2) is 0 Å². The van der Waals surface area contributed by atoms with E-state index in [-0.39, 0.29) is 6.10 Å². The van der Waals surface area contributed by atoms with Gasteiger partial charge >= 0.3 is 0 Å². The molecule has 6 heteroatoms. The van der Waals surface area contributed by atoms with Gasteiger partial charge in [-0.25, -0.2) is 4.98 Å². The fraction of sp³-hybridized carbons (Fsp3) is 0.615. The number of hydrogen-bond donors (Lipinski definition) is 1. The van der Waals surface area contributed by atoms with Gasteiger partial charge < -0.3 is 15.0 Å². The van der Waals surface area contributed by atoms with Crippen LogP contribution in [-0.2, 0) is 4.74 Å².